The predicted molar refractivity (Wildman–Crippen MR) is 70.0 cm³/mol. The highest BCUT2D eigenvalue weighted by Crippen LogP contribution is 2.10. The SMILES string of the molecule is CS(=O)CCCNC(=O)c1ccc(Br)cc1. The molecular formula is C11H14BrNO2S. The summed E-state index contributed by atoms with van der Waals surface area (Å²) in [6, 6.07) is 7.18. The van der Waals surface area contributed by atoms with Crippen LogP contribution in [-0.4, -0.2) is 28.7 Å². The molecule has 16 heavy (non-hydrogen) atoms. The van der Waals surface area contributed by atoms with Gasteiger partial charge in [-0.05, 0) is 30.7 Å². The Labute approximate surface area is 106 Å². The molecule has 0 aromatic heterocycles. The minimum atomic E-state index is -0.785. The van der Waals surface area contributed by atoms with E-state index in [0.717, 1.165) is 10.9 Å². The third-order valence-electron chi connectivity index (χ3n) is 2.00. The van der Waals surface area contributed by atoms with E-state index in [0.29, 0.717) is 17.9 Å². The van der Waals surface area contributed by atoms with Crippen molar-refractivity contribution in [2.45, 2.75) is 6.42 Å². The first-order valence-electron chi connectivity index (χ1n) is 4.93. The molecule has 1 N–H and O–H groups in total. The summed E-state index contributed by atoms with van der Waals surface area (Å²) in [7, 11) is -0.785. The van der Waals surface area contributed by atoms with Crippen molar-refractivity contribution >= 4 is 32.6 Å². The van der Waals surface area contributed by atoms with E-state index >= 15 is 0 Å². The molecule has 1 unspecified atom stereocenters. The summed E-state index contributed by atoms with van der Waals surface area (Å²) in [4.78, 5) is 11.6. The molecule has 0 bridgehead atoms. The number of nitrogens with one attached hydrogen (secondary N) is 1. The first-order chi connectivity index (χ1) is 7.59. The minimum absolute atomic E-state index is 0.0885. The van der Waals surface area contributed by atoms with Gasteiger partial charge in [0, 0.05) is 39.4 Å². The Bertz CT molecular complexity index is 378. The van der Waals surface area contributed by atoms with E-state index in [1.54, 1.807) is 18.4 Å². The molecule has 0 aliphatic carbocycles. The van der Waals surface area contributed by atoms with Crippen LogP contribution in [0.1, 0.15) is 16.8 Å². The molecule has 1 aromatic carbocycles. The van der Waals surface area contributed by atoms with E-state index in [4.69, 9.17) is 0 Å². The maximum Gasteiger partial charge on any atom is 0.251 e. The number of carbonyl (C=O) groups is 1. The second-order valence-corrected chi connectivity index (χ2v) is 5.86. The Morgan fingerprint density at radius 1 is 1.38 bits per heavy atom. The van der Waals surface area contributed by atoms with Crippen LogP contribution in [0, 0.1) is 0 Å². The van der Waals surface area contributed by atoms with Crippen molar-refractivity contribution in [1.29, 1.82) is 0 Å². The van der Waals surface area contributed by atoms with Crippen LogP contribution in [0.15, 0.2) is 28.7 Å². The van der Waals surface area contributed by atoms with Gasteiger partial charge in [-0.2, -0.15) is 0 Å². The van der Waals surface area contributed by atoms with Gasteiger partial charge < -0.3 is 5.32 Å². The molecular weight excluding hydrogens is 290 g/mol. The van der Waals surface area contributed by atoms with E-state index in [9.17, 15) is 9.00 Å². The largest absolute Gasteiger partial charge is 0.352 e. The van der Waals surface area contributed by atoms with Crippen molar-refractivity contribution in [1.82, 2.24) is 5.32 Å². The molecule has 1 aromatic rings. The molecule has 0 aliphatic rings. The van der Waals surface area contributed by atoms with Crippen LogP contribution in [-0.2, 0) is 10.8 Å². The minimum Gasteiger partial charge on any atom is -0.352 e. The molecule has 0 aliphatic heterocycles. The number of hydrogen-bond donors (Lipinski definition) is 1. The fourth-order valence-electron chi connectivity index (χ4n) is 1.18. The first kappa shape index (κ1) is 13.4. The van der Waals surface area contributed by atoms with Crippen LogP contribution in [0.3, 0.4) is 0 Å². The molecule has 5 heteroatoms. The summed E-state index contributed by atoms with van der Waals surface area (Å²) in [5.41, 5.74) is 0.640. The van der Waals surface area contributed by atoms with Crippen LogP contribution in [0.2, 0.25) is 0 Å². The normalized spacial score (nSPS) is 12.1. The molecule has 3 nitrogen and oxygen atoms in total. The monoisotopic (exact) mass is 303 g/mol. The third-order valence-corrected chi connectivity index (χ3v) is 3.39. The maximum absolute atomic E-state index is 11.6. The van der Waals surface area contributed by atoms with Crippen molar-refractivity contribution in [2.24, 2.45) is 0 Å². The summed E-state index contributed by atoms with van der Waals surface area (Å²) in [5.74, 6) is 0.537. The van der Waals surface area contributed by atoms with Crippen molar-refractivity contribution in [3.8, 4) is 0 Å². The topological polar surface area (TPSA) is 46.2 Å². The Hall–Kier alpha value is -0.680. The highest BCUT2D eigenvalue weighted by Gasteiger charge is 2.03. The molecule has 1 atom stereocenters. The van der Waals surface area contributed by atoms with Crippen molar-refractivity contribution in [3.05, 3.63) is 34.3 Å². The van der Waals surface area contributed by atoms with Crippen LogP contribution >= 0.6 is 15.9 Å². The zero-order valence-corrected chi connectivity index (χ0v) is 11.4. The van der Waals surface area contributed by atoms with Crippen molar-refractivity contribution in [2.75, 3.05) is 18.6 Å². The lowest BCUT2D eigenvalue weighted by molar-refractivity contribution is 0.0953. The maximum atomic E-state index is 11.6. The van der Waals surface area contributed by atoms with Gasteiger partial charge in [0.1, 0.15) is 0 Å². The average molecular weight is 304 g/mol. The molecule has 1 amide bonds. The fraction of sp³-hybridized carbons (Fsp3) is 0.364. The second kappa shape index (κ2) is 6.81. The Morgan fingerprint density at radius 3 is 2.56 bits per heavy atom. The Morgan fingerprint density at radius 2 is 2.00 bits per heavy atom. The van der Waals surface area contributed by atoms with Gasteiger partial charge in [0.15, 0.2) is 0 Å². The van der Waals surface area contributed by atoms with E-state index in [1.165, 1.54) is 0 Å². The zero-order chi connectivity index (χ0) is 12.0. The summed E-state index contributed by atoms with van der Waals surface area (Å²) in [6.45, 7) is 0.564. The quantitative estimate of drug-likeness (QED) is 0.845. The van der Waals surface area contributed by atoms with Gasteiger partial charge in [0.2, 0.25) is 0 Å². The molecule has 1 rings (SSSR count). The van der Waals surface area contributed by atoms with Crippen LogP contribution < -0.4 is 5.32 Å². The van der Waals surface area contributed by atoms with Crippen molar-refractivity contribution < 1.29 is 9.00 Å². The van der Waals surface area contributed by atoms with Gasteiger partial charge in [-0.15, -0.1) is 0 Å². The molecule has 88 valence electrons. The molecule has 0 heterocycles. The standard InChI is InChI=1S/C11H14BrNO2S/c1-16(15)8-2-7-13-11(14)9-3-5-10(12)6-4-9/h3-6H,2,7-8H2,1H3,(H,13,14). The Balaban J connectivity index is 2.35. The highest BCUT2D eigenvalue weighted by atomic mass is 79.9. The van der Waals surface area contributed by atoms with E-state index in [-0.39, 0.29) is 5.91 Å². The lowest BCUT2D eigenvalue weighted by Gasteiger charge is -2.04. The highest BCUT2D eigenvalue weighted by molar-refractivity contribution is 9.10. The number of benzene rings is 1. The summed E-state index contributed by atoms with van der Waals surface area (Å²) < 4.78 is 11.7. The molecule has 0 radical (unpaired) electrons. The van der Waals surface area contributed by atoms with E-state index < -0.39 is 10.8 Å². The lowest BCUT2D eigenvalue weighted by atomic mass is 10.2. The van der Waals surface area contributed by atoms with E-state index in [1.807, 2.05) is 12.1 Å². The van der Waals surface area contributed by atoms with E-state index in [2.05, 4.69) is 21.2 Å². The molecule has 0 fully saturated rings. The van der Waals surface area contributed by atoms with Crippen LogP contribution in [0.4, 0.5) is 0 Å². The van der Waals surface area contributed by atoms with Crippen LogP contribution in [0.5, 0.6) is 0 Å². The summed E-state index contributed by atoms with van der Waals surface area (Å²) in [5, 5.41) is 2.79. The Kier molecular flexibility index (Phi) is 5.69. The smallest absolute Gasteiger partial charge is 0.251 e. The average Bonchev–Trinajstić information content (AvgIpc) is 2.25. The van der Waals surface area contributed by atoms with Gasteiger partial charge in [-0.25, -0.2) is 0 Å². The van der Waals surface area contributed by atoms with Crippen molar-refractivity contribution in [3.63, 3.8) is 0 Å². The number of amides is 1. The van der Waals surface area contributed by atoms with Gasteiger partial charge in [-0.3, -0.25) is 9.00 Å². The summed E-state index contributed by atoms with van der Waals surface area (Å²) >= 11 is 3.31. The van der Waals surface area contributed by atoms with Gasteiger partial charge in [0.25, 0.3) is 5.91 Å². The number of rotatable bonds is 5. The predicted octanol–water partition coefficient (Wildman–Crippen LogP) is 1.95. The molecule has 0 spiro atoms. The van der Waals surface area contributed by atoms with Gasteiger partial charge >= 0.3 is 0 Å². The summed E-state index contributed by atoms with van der Waals surface area (Å²) in [6.07, 6.45) is 2.40. The van der Waals surface area contributed by atoms with Gasteiger partial charge in [0.05, 0.1) is 0 Å². The molecule has 0 saturated carbocycles. The zero-order valence-electron chi connectivity index (χ0n) is 9.03. The lowest BCUT2D eigenvalue weighted by Crippen LogP contribution is -2.25. The number of carbonyl (C=O) groups excluding carboxylic acids is 1. The van der Waals surface area contributed by atoms with Gasteiger partial charge in [-0.1, -0.05) is 15.9 Å². The third kappa shape index (κ3) is 4.90. The first-order valence-corrected chi connectivity index (χ1v) is 7.45. The number of halogens is 1. The second-order valence-electron chi connectivity index (χ2n) is 3.39. The fourth-order valence-corrected chi connectivity index (χ4v) is 2.00. The molecule has 0 saturated heterocycles. The number of hydrogen-bond acceptors (Lipinski definition) is 2. The van der Waals surface area contributed by atoms with Crippen LogP contribution in [0.25, 0.3) is 0 Å².